The molecule has 0 saturated carbocycles. The molecule has 0 atom stereocenters. The normalized spacial score (nSPS) is 20.7. The lowest BCUT2D eigenvalue weighted by atomic mass is 10.0. The first-order valence-corrected chi connectivity index (χ1v) is 14.1. The van der Waals surface area contributed by atoms with Gasteiger partial charge in [0.2, 0.25) is 0 Å². The predicted octanol–water partition coefficient (Wildman–Crippen LogP) is 7.47. The number of hydrogen-bond donors (Lipinski definition) is 0. The predicted molar refractivity (Wildman–Crippen MR) is 148 cm³/mol. The van der Waals surface area contributed by atoms with Crippen molar-refractivity contribution >= 4 is 0 Å². The molecule has 5 nitrogen and oxygen atoms in total. The van der Waals surface area contributed by atoms with E-state index in [1.54, 1.807) is 0 Å². The van der Waals surface area contributed by atoms with E-state index in [2.05, 4.69) is 62.0 Å². The molecule has 2 aliphatic rings. The summed E-state index contributed by atoms with van der Waals surface area (Å²) < 4.78 is 29.1. The second kappa shape index (κ2) is 15.3. The Morgan fingerprint density at radius 2 is 1.22 bits per heavy atom. The Morgan fingerprint density at radius 3 is 1.89 bits per heavy atom. The molecule has 37 heavy (non-hydrogen) atoms. The summed E-state index contributed by atoms with van der Waals surface area (Å²) in [6, 6.07) is 17.0. The Morgan fingerprint density at radius 1 is 0.676 bits per heavy atom. The number of benzene rings is 2. The fourth-order valence-electron chi connectivity index (χ4n) is 4.78. The highest BCUT2D eigenvalue weighted by Crippen LogP contribution is 2.24. The van der Waals surface area contributed by atoms with Crippen LogP contribution in [0.3, 0.4) is 0 Å². The molecule has 2 aliphatic heterocycles. The van der Waals surface area contributed by atoms with E-state index in [0.29, 0.717) is 19.1 Å². The van der Waals surface area contributed by atoms with Gasteiger partial charge in [-0.1, -0.05) is 67.8 Å². The van der Waals surface area contributed by atoms with Gasteiger partial charge in [0, 0.05) is 5.92 Å². The van der Waals surface area contributed by atoms with Gasteiger partial charge in [-0.2, -0.15) is 0 Å². The second-order valence-electron chi connectivity index (χ2n) is 10.5. The lowest BCUT2D eigenvalue weighted by molar-refractivity contribution is -0.204. The summed E-state index contributed by atoms with van der Waals surface area (Å²) in [5.41, 5.74) is 4.76. The molecule has 0 bridgehead atoms. The van der Waals surface area contributed by atoms with Gasteiger partial charge in [-0.3, -0.25) is 0 Å². The molecule has 2 aromatic rings. The molecule has 0 spiro atoms. The van der Waals surface area contributed by atoms with Gasteiger partial charge in [0.25, 0.3) is 0 Å². The van der Waals surface area contributed by atoms with E-state index in [1.807, 2.05) is 0 Å². The number of unbranched alkanes of at least 4 members (excludes halogenated alkanes) is 4. The summed E-state index contributed by atoms with van der Waals surface area (Å²) in [6.07, 6.45) is 9.80. The zero-order valence-electron chi connectivity index (χ0n) is 22.5. The minimum atomic E-state index is -0.0590. The SMILES string of the molecule is C=C1COC(CCCCC2COC(CCCCCCOc3ccc(-c4ccc(C)cc4)cc3)OC2)OC1. The second-order valence-corrected chi connectivity index (χ2v) is 10.5. The van der Waals surface area contributed by atoms with Crippen LogP contribution in [0.15, 0.2) is 60.7 Å². The molecule has 4 rings (SSSR count). The number of hydrogen-bond acceptors (Lipinski definition) is 5. The Labute approximate surface area is 223 Å². The molecule has 2 aromatic carbocycles. The maximum Gasteiger partial charge on any atom is 0.158 e. The average molecular weight is 509 g/mol. The van der Waals surface area contributed by atoms with Gasteiger partial charge in [0.15, 0.2) is 12.6 Å². The van der Waals surface area contributed by atoms with Crippen molar-refractivity contribution in [3.05, 3.63) is 66.2 Å². The zero-order valence-corrected chi connectivity index (χ0v) is 22.5. The first kappa shape index (κ1) is 27.8. The van der Waals surface area contributed by atoms with Crippen molar-refractivity contribution in [2.75, 3.05) is 33.0 Å². The van der Waals surface area contributed by atoms with Crippen LogP contribution in [0, 0.1) is 12.8 Å². The fraction of sp³-hybridized carbons (Fsp3) is 0.562. The molecule has 0 aliphatic carbocycles. The van der Waals surface area contributed by atoms with Crippen LogP contribution in [0.5, 0.6) is 5.75 Å². The Balaban J connectivity index is 0.971. The quantitative estimate of drug-likeness (QED) is 0.196. The van der Waals surface area contributed by atoms with Crippen molar-refractivity contribution in [1.82, 2.24) is 0 Å². The molecular weight excluding hydrogens is 464 g/mol. The standard InChI is InChI=1S/C32H44O5/c1-25-12-14-28(15-13-25)29-16-18-30(19-17-29)33-20-8-4-3-5-10-32-36-23-27(24-37-32)9-6-7-11-31-34-21-26(2)22-35-31/h12-19,27,31-32H,2-11,20-24H2,1H3. The van der Waals surface area contributed by atoms with E-state index in [-0.39, 0.29) is 12.6 Å². The van der Waals surface area contributed by atoms with Gasteiger partial charge < -0.3 is 23.7 Å². The molecule has 2 saturated heterocycles. The minimum absolute atomic E-state index is 0.0309. The number of ether oxygens (including phenoxy) is 5. The topological polar surface area (TPSA) is 46.2 Å². The van der Waals surface area contributed by atoms with Crippen molar-refractivity contribution in [3.8, 4) is 16.9 Å². The Hall–Kier alpha value is -2.18. The highest BCUT2D eigenvalue weighted by molar-refractivity contribution is 5.64. The van der Waals surface area contributed by atoms with Gasteiger partial charge in [-0.15, -0.1) is 0 Å². The molecule has 202 valence electrons. The van der Waals surface area contributed by atoms with Gasteiger partial charge >= 0.3 is 0 Å². The Kier molecular flexibility index (Phi) is 11.5. The van der Waals surface area contributed by atoms with Crippen molar-refractivity contribution < 1.29 is 23.7 Å². The monoisotopic (exact) mass is 508 g/mol. The van der Waals surface area contributed by atoms with E-state index >= 15 is 0 Å². The van der Waals surface area contributed by atoms with Crippen LogP contribution in [-0.4, -0.2) is 45.6 Å². The lowest BCUT2D eigenvalue weighted by Gasteiger charge is -2.29. The summed E-state index contributed by atoms with van der Waals surface area (Å²) >= 11 is 0. The third-order valence-corrected chi connectivity index (χ3v) is 7.13. The van der Waals surface area contributed by atoms with E-state index in [4.69, 9.17) is 23.7 Å². The first-order valence-electron chi connectivity index (χ1n) is 14.1. The molecule has 0 N–H and O–H groups in total. The summed E-state index contributed by atoms with van der Waals surface area (Å²) in [6.45, 7) is 9.66. The van der Waals surface area contributed by atoms with Gasteiger partial charge in [0.1, 0.15) is 5.75 Å². The first-order chi connectivity index (χ1) is 18.2. The molecule has 5 heteroatoms. The van der Waals surface area contributed by atoms with Crippen molar-refractivity contribution in [2.24, 2.45) is 5.92 Å². The van der Waals surface area contributed by atoms with Crippen LogP contribution in [0.2, 0.25) is 0 Å². The van der Waals surface area contributed by atoms with Crippen LogP contribution < -0.4 is 4.74 Å². The third kappa shape index (κ3) is 9.90. The van der Waals surface area contributed by atoms with Crippen LogP contribution in [0.25, 0.3) is 11.1 Å². The van der Waals surface area contributed by atoms with E-state index in [0.717, 1.165) is 76.1 Å². The Bertz CT molecular complexity index is 905. The molecular formula is C32H44O5. The zero-order chi connectivity index (χ0) is 25.7. The van der Waals surface area contributed by atoms with E-state index in [9.17, 15) is 0 Å². The fourth-order valence-corrected chi connectivity index (χ4v) is 4.78. The van der Waals surface area contributed by atoms with Crippen LogP contribution in [-0.2, 0) is 18.9 Å². The summed E-state index contributed by atoms with van der Waals surface area (Å²) in [5, 5.41) is 0. The van der Waals surface area contributed by atoms with Crippen molar-refractivity contribution in [1.29, 1.82) is 0 Å². The smallest absolute Gasteiger partial charge is 0.158 e. The molecule has 0 unspecified atom stereocenters. The van der Waals surface area contributed by atoms with Gasteiger partial charge in [-0.25, -0.2) is 0 Å². The number of rotatable bonds is 14. The van der Waals surface area contributed by atoms with Crippen molar-refractivity contribution in [3.63, 3.8) is 0 Å². The molecule has 2 fully saturated rings. The van der Waals surface area contributed by atoms with Crippen LogP contribution in [0.1, 0.15) is 63.4 Å². The maximum atomic E-state index is 5.98. The molecule has 0 amide bonds. The summed E-state index contributed by atoms with van der Waals surface area (Å²) in [4.78, 5) is 0. The van der Waals surface area contributed by atoms with Crippen LogP contribution in [0.4, 0.5) is 0 Å². The molecule has 2 heterocycles. The maximum absolute atomic E-state index is 5.98. The minimum Gasteiger partial charge on any atom is -0.494 e. The molecule has 0 radical (unpaired) electrons. The van der Waals surface area contributed by atoms with Gasteiger partial charge in [-0.05, 0) is 74.3 Å². The van der Waals surface area contributed by atoms with Crippen molar-refractivity contribution in [2.45, 2.75) is 77.3 Å². The average Bonchev–Trinajstić information content (AvgIpc) is 2.93. The summed E-state index contributed by atoms with van der Waals surface area (Å²) in [7, 11) is 0. The van der Waals surface area contributed by atoms with E-state index in [1.165, 1.54) is 29.5 Å². The lowest BCUT2D eigenvalue weighted by Crippen LogP contribution is -2.32. The van der Waals surface area contributed by atoms with Gasteiger partial charge in [0.05, 0.1) is 33.0 Å². The third-order valence-electron chi connectivity index (χ3n) is 7.13. The highest BCUT2D eigenvalue weighted by atomic mass is 16.7. The van der Waals surface area contributed by atoms with Crippen LogP contribution >= 0.6 is 0 Å². The summed E-state index contributed by atoms with van der Waals surface area (Å²) in [5.74, 6) is 1.45. The van der Waals surface area contributed by atoms with E-state index < -0.39 is 0 Å². The number of aryl methyl sites for hydroxylation is 1. The highest BCUT2D eigenvalue weighted by Gasteiger charge is 2.22. The molecule has 0 aromatic heterocycles. The largest absolute Gasteiger partial charge is 0.494 e.